The molecule has 0 radical (unpaired) electrons. The van der Waals surface area contributed by atoms with E-state index >= 15 is 0 Å². The number of primary amides is 1. The molecule has 3 rings (SSSR count). The normalized spacial score (nSPS) is 25.1. The Morgan fingerprint density at radius 2 is 1.73 bits per heavy atom. The fourth-order valence-electron chi connectivity index (χ4n) is 4.50. The van der Waals surface area contributed by atoms with Crippen molar-refractivity contribution >= 4 is 5.91 Å². The summed E-state index contributed by atoms with van der Waals surface area (Å²) in [7, 11) is 0. The topological polar surface area (TPSA) is 55.6 Å². The Hall–Kier alpha value is -1.62. The second-order valence-corrected chi connectivity index (χ2v) is 7.88. The third kappa shape index (κ3) is 5.70. The molecule has 2 fully saturated rings. The summed E-state index contributed by atoms with van der Waals surface area (Å²) < 4.78 is 18.9. The maximum absolute atomic E-state index is 13.0. The number of benzene rings is 1. The van der Waals surface area contributed by atoms with E-state index in [1.54, 1.807) is 12.1 Å². The Bertz CT molecular complexity index is 570. The van der Waals surface area contributed by atoms with Crippen molar-refractivity contribution in [2.75, 3.05) is 19.6 Å². The Labute approximate surface area is 155 Å². The van der Waals surface area contributed by atoms with E-state index in [0.717, 1.165) is 44.6 Å². The molecule has 1 aromatic carbocycles. The maximum atomic E-state index is 13.0. The molecule has 0 aromatic heterocycles. The predicted octanol–water partition coefficient (Wildman–Crippen LogP) is 3.74. The molecule has 1 aromatic rings. The van der Waals surface area contributed by atoms with Crippen molar-refractivity contribution in [3.63, 3.8) is 0 Å². The first-order valence-corrected chi connectivity index (χ1v) is 10.0. The molecule has 1 saturated heterocycles. The van der Waals surface area contributed by atoms with Crippen LogP contribution in [0.15, 0.2) is 24.3 Å². The minimum atomic E-state index is -0.232. The second kappa shape index (κ2) is 9.36. The molecule has 1 heterocycles. The SMILES string of the molecule is NC(=O)CC1CCCCC1CCN1CCC(Oc2ccc(F)cc2)CC1. The van der Waals surface area contributed by atoms with Gasteiger partial charge in [-0.1, -0.05) is 19.3 Å². The zero-order valence-electron chi connectivity index (χ0n) is 15.5. The van der Waals surface area contributed by atoms with E-state index in [4.69, 9.17) is 10.5 Å². The summed E-state index contributed by atoms with van der Waals surface area (Å²) in [6.07, 6.45) is 8.87. The first-order chi connectivity index (χ1) is 12.6. The average molecular weight is 362 g/mol. The number of hydrogen-bond acceptors (Lipinski definition) is 3. The molecule has 1 saturated carbocycles. The third-order valence-electron chi connectivity index (χ3n) is 6.00. The lowest BCUT2D eigenvalue weighted by Crippen LogP contribution is -2.39. The van der Waals surface area contributed by atoms with Gasteiger partial charge in [0.2, 0.25) is 5.91 Å². The highest BCUT2D eigenvalue weighted by molar-refractivity contribution is 5.74. The Morgan fingerprint density at radius 1 is 1.08 bits per heavy atom. The van der Waals surface area contributed by atoms with Crippen LogP contribution in [0, 0.1) is 17.7 Å². The minimum Gasteiger partial charge on any atom is -0.490 e. The number of amides is 1. The van der Waals surface area contributed by atoms with Gasteiger partial charge in [-0.15, -0.1) is 0 Å². The van der Waals surface area contributed by atoms with Crippen LogP contribution >= 0.6 is 0 Å². The fraction of sp³-hybridized carbons (Fsp3) is 0.667. The Morgan fingerprint density at radius 3 is 2.38 bits per heavy atom. The zero-order valence-corrected chi connectivity index (χ0v) is 15.5. The molecular formula is C21H31FN2O2. The van der Waals surface area contributed by atoms with Crippen molar-refractivity contribution in [2.24, 2.45) is 17.6 Å². The van der Waals surface area contributed by atoms with Gasteiger partial charge in [0, 0.05) is 19.5 Å². The lowest BCUT2D eigenvalue weighted by molar-refractivity contribution is -0.119. The number of carbonyl (C=O) groups is 1. The van der Waals surface area contributed by atoms with Crippen molar-refractivity contribution in [3.05, 3.63) is 30.1 Å². The highest BCUT2D eigenvalue weighted by Gasteiger charge is 2.27. The maximum Gasteiger partial charge on any atom is 0.217 e. The Kier molecular flexibility index (Phi) is 6.89. The van der Waals surface area contributed by atoms with E-state index in [-0.39, 0.29) is 17.8 Å². The number of rotatable bonds is 7. The highest BCUT2D eigenvalue weighted by Crippen LogP contribution is 2.34. The minimum absolute atomic E-state index is 0.152. The molecular weight excluding hydrogens is 331 g/mol. The van der Waals surface area contributed by atoms with Gasteiger partial charge >= 0.3 is 0 Å². The molecule has 2 aliphatic rings. The van der Waals surface area contributed by atoms with Crippen LogP contribution in [0.25, 0.3) is 0 Å². The molecule has 1 aliphatic carbocycles. The number of ether oxygens (including phenoxy) is 1. The molecule has 2 unspecified atom stereocenters. The van der Waals surface area contributed by atoms with Crippen LogP contribution in [-0.2, 0) is 4.79 Å². The van der Waals surface area contributed by atoms with Crippen molar-refractivity contribution in [3.8, 4) is 5.75 Å². The van der Waals surface area contributed by atoms with E-state index in [9.17, 15) is 9.18 Å². The van der Waals surface area contributed by atoms with E-state index in [0.29, 0.717) is 18.3 Å². The van der Waals surface area contributed by atoms with Crippen molar-refractivity contribution in [1.29, 1.82) is 0 Å². The number of carbonyl (C=O) groups excluding carboxylic acids is 1. The van der Waals surface area contributed by atoms with Gasteiger partial charge in [0.05, 0.1) is 0 Å². The van der Waals surface area contributed by atoms with Crippen molar-refractivity contribution in [1.82, 2.24) is 4.90 Å². The zero-order chi connectivity index (χ0) is 18.4. The van der Waals surface area contributed by atoms with Crippen LogP contribution in [0.2, 0.25) is 0 Å². The van der Waals surface area contributed by atoms with Gasteiger partial charge < -0.3 is 15.4 Å². The van der Waals surface area contributed by atoms with Crippen molar-refractivity contribution < 1.29 is 13.9 Å². The van der Waals surface area contributed by atoms with Crippen LogP contribution in [0.3, 0.4) is 0 Å². The van der Waals surface area contributed by atoms with E-state index in [1.165, 1.54) is 37.8 Å². The van der Waals surface area contributed by atoms with Gasteiger partial charge in [0.1, 0.15) is 17.7 Å². The molecule has 1 aliphatic heterocycles. The van der Waals surface area contributed by atoms with Gasteiger partial charge in [-0.25, -0.2) is 4.39 Å². The fourth-order valence-corrected chi connectivity index (χ4v) is 4.50. The molecule has 2 atom stereocenters. The molecule has 1 amide bonds. The van der Waals surface area contributed by atoms with Gasteiger partial charge in [0.25, 0.3) is 0 Å². The molecule has 5 heteroatoms. The number of hydrogen-bond donors (Lipinski definition) is 1. The summed E-state index contributed by atoms with van der Waals surface area (Å²) in [5.41, 5.74) is 5.43. The predicted molar refractivity (Wildman–Crippen MR) is 100 cm³/mol. The van der Waals surface area contributed by atoms with Crippen molar-refractivity contribution in [2.45, 2.75) is 57.5 Å². The number of halogens is 1. The number of nitrogens with two attached hydrogens (primary N) is 1. The molecule has 144 valence electrons. The summed E-state index contributed by atoms with van der Waals surface area (Å²) in [6, 6.07) is 6.28. The van der Waals surface area contributed by atoms with Crippen LogP contribution in [0.1, 0.15) is 51.4 Å². The summed E-state index contributed by atoms with van der Waals surface area (Å²) >= 11 is 0. The molecule has 26 heavy (non-hydrogen) atoms. The van der Waals surface area contributed by atoms with E-state index in [2.05, 4.69) is 4.90 Å². The van der Waals surface area contributed by atoms with Gasteiger partial charge in [-0.3, -0.25) is 4.79 Å². The smallest absolute Gasteiger partial charge is 0.217 e. The van der Waals surface area contributed by atoms with Gasteiger partial charge in [-0.2, -0.15) is 0 Å². The number of likely N-dealkylation sites (tertiary alicyclic amines) is 1. The van der Waals surface area contributed by atoms with E-state index in [1.807, 2.05) is 0 Å². The largest absolute Gasteiger partial charge is 0.490 e. The van der Waals surface area contributed by atoms with Gasteiger partial charge in [0.15, 0.2) is 0 Å². The lowest BCUT2D eigenvalue weighted by Gasteiger charge is -2.35. The Balaban J connectivity index is 1.39. The summed E-state index contributed by atoms with van der Waals surface area (Å²) in [6.45, 7) is 3.18. The van der Waals surface area contributed by atoms with Crippen LogP contribution in [0.4, 0.5) is 4.39 Å². The molecule has 0 spiro atoms. The average Bonchev–Trinajstić information content (AvgIpc) is 2.64. The van der Waals surface area contributed by atoms with E-state index < -0.39 is 0 Å². The first-order valence-electron chi connectivity index (χ1n) is 10.0. The summed E-state index contributed by atoms with van der Waals surface area (Å²) in [4.78, 5) is 13.8. The molecule has 2 N–H and O–H groups in total. The second-order valence-electron chi connectivity index (χ2n) is 7.88. The molecule has 4 nitrogen and oxygen atoms in total. The first kappa shape index (κ1) is 19.2. The summed E-state index contributed by atoms with van der Waals surface area (Å²) in [5.74, 6) is 1.50. The lowest BCUT2D eigenvalue weighted by atomic mass is 9.75. The highest BCUT2D eigenvalue weighted by atomic mass is 19.1. The van der Waals surface area contributed by atoms with Gasteiger partial charge in [-0.05, 0) is 68.3 Å². The summed E-state index contributed by atoms with van der Waals surface area (Å²) in [5, 5.41) is 0. The third-order valence-corrected chi connectivity index (χ3v) is 6.00. The van der Waals surface area contributed by atoms with Crippen LogP contribution < -0.4 is 10.5 Å². The van der Waals surface area contributed by atoms with Crippen LogP contribution in [0.5, 0.6) is 5.75 Å². The number of piperidine rings is 1. The standard InChI is InChI=1S/C21H31FN2O2/c22-18-5-7-19(8-6-18)26-20-10-13-24(14-11-20)12-9-16-3-1-2-4-17(16)15-21(23)25/h5-8,16-17,20H,1-4,9-15H2,(H2,23,25). The molecule has 0 bridgehead atoms. The monoisotopic (exact) mass is 362 g/mol. The van der Waals surface area contributed by atoms with Crippen LogP contribution in [-0.4, -0.2) is 36.5 Å². The quantitative estimate of drug-likeness (QED) is 0.804. The number of nitrogens with zero attached hydrogens (tertiary/aromatic N) is 1.